The average molecular weight is 170 g/mol. The second-order valence-corrected chi connectivity index (χ2v) is 2.76. The first-order valence-corrected chi connectivity index (χ1v) is 4.23. The molecule has 64 valence electrons. The molecule has 0 rings (SSSR count). The highest BCUT2D eigenvalue weighted by Crippen LogP contribution is 2.42. The van der Waals surface area contributed by atoms with Crippen LogP contribution in [0.5, 0.6) is 0 Å². The molecule has 0 aliphatic rings. The Morgan fingerprint density at radius 2 is 1.60 bits per heavy atom. The molecule has 0 aliphatic heterocycles. The van der Waals surface area contributed by atoms with E-state index in [1.54, 1.807) is 13.8 Å². The second-order valence-electron chi connectivity index (χ2n) is 1.30. The van der Waals surface area contributed by atoms with Gasteiger partial charge in [-0.1, -0.05) is 7.43 Å². The molecule has 1 N–H and O–H groups in total. The van der Waals surface area contributed by atoms with Crippen molar-refractivity contribution in [1.82, 2.24) is 0 Å². The lowest BCUT2D eigenvalue weighted by atomic mass is 10.9. The van der Waals surface area contributed by atoms with Gasteiger partial charge in [0.25, 0.3) is 0 Å². The van der Waals surface area contributed by atoms with Gasteiger partial charge in [0.05, 0.1) is 13.2 Å². The first-order valence-electron chi connectivity index (χ1n) is 2.74. The Bertz CT molecular complexity index is 104. The van der Waals surface area contributed by atoms with Crippen molar-refractivity contribution in [3.63, 3.8) is 0 Å². The number of hydrogen-bond acceptors (Lipinski definition) is 3. The van der Waals surface area contributed by atoms with E-state index in [4.69, 9.17) is 4.89 Å². The Morgan fingerprint density at radius 3 is 1.80 bits per heavy atom. The van der Waals surface area contributed by atoms with Gasteiger partial charge < -0.3 is 4.89 Å². The minimum absolute atomic E-state index is 0. The first-order chi connectivity index (χ1) is 4.12. The van der Waals surface area contributed by atoms with Crippen LogP contribution in [0.2, 0.25) is 0 Å². The molecule has 0 bridgehead atoms. The zero-order chi connectivity index (χ0) is 7.33. The molecule has 0 aromatic rings. The van der Waals surface area contributed by atoms with Gasteiger partial charge in [0.2, 0.25) is 0 Å². The van der Waals surface area contributed by atoms with Gasteiger partial charge in [-0.25, -0.2) is 4.57 Å². The van der Waals surface area contributed by atoms with E-state index in [1.165, 1.54) is 0 Å². The van der Waals surface area contributed by atoms with Crippen LogP contribution in [-0.4, -0.2) is 18.1 Å². The third-order valence-corrected chi connectivity index (χ3v) is 1.75. The largest absolute Gasteiger partial charge is 0.472 e. The van der Waals surface area contributed by atoms with Crippen molar-refractivity contribution in [3.8, 4) is 0 Å². The van der Waals surface area contributed by atoms with E-state index in [0.29, 0.717) is 0 Å². The lowest BCUT2D eigenvalue weighted by Gasteiger charge is -2.07. The summed E-state index contributed by atoms with van der Waals surface area (Å²) in [5.41, 5.74) is 0. The zero-order valence-corrected chi connectivity index (χ0v) is 6.43. The van der Waals surface area contributed by atoms with Crippen molar-refractivity contribution in [2.45, 2.75) is 21.3 Å². The molecule has 0 saturated carbocycles. The summed E-state index contributed by atoms with van der Waals surface area (Å²) < 4.78 is 19.2. The monoisotopic (exact) mass is 170 g/mol. The summed E-state index contributed by atoms with van der Waals surface area (Å²) in [4.78, 5) is 8.63. The molecule has 0 fully saturated rings. The summed E-state index contributed by atoms with van der Waals surface area (Å²) in [6.07, 6.45) is 0. The van der Waals surface area contributed by atoms with Crippen LogP contribution in [0.4, 0.5) is 0 Å². The summed E-state index contributed by atoms with van der Waals surface area (Å²) in [5.74, 6) is 0. The van der Waals surface area contributed by atoms with Gasteiger partial charge in [-0.05, 0) is 13.8 Å². The Hall–Kier alpha value is 0.110. The van der Waals surface area contributed by atoms with Crippen molar-refractivity contribution < 1.29 is 18.5 Å². The van der Waals surface area contributed by atoms with E-state index in [0.717, 1.165) is 0 Å². The molecule has 0 aromatic carbocycles. The van der Waals surface area contributed by atoms with Crippen LogP contribution in [-0.2, 0) is 13.6 Å². The van der Waals surface area contributed by atoms with Crippen molar-refractivity contribution in [2.24, 2.45) is 0 Å². The molecular formula is C5H15O4P. The molecule has 0 amide bonds. The number of phosphoric ester groups is 1. The van der Waals surface area contributed by atoms with Crippen LogP contribution in [0, 0.1) is 0 Å². The van der Waals surface area contributed by atoms with E-state index in [2.05, 4.69) is 9.05 Å². The molecular weight excluding hydrogens is 155 g/mol. The fourth-order valence-electron chi connectivity index (χ4n) is 0.364. The molecule has 0 spiro atoms. The smallest absolute Gasteiger partial charge is 0.302 e. The highest BCUT2D eigenvalue weighted by atomic mass is 31.2. The Labute approximate surface area is 61.8 Å². The minimum atomic E-state index is -3.69. The second kappa shape index (κ2) is 5.86. The average Bonchev–Trinajstić information content (AvgIpc) is 1.64. The summed E-state index contributed by atoms with van der Waals surface area (Å²) in [5, 5.41) is 0. The highest BCUT2D eigenvalue weighted by molar-refractivity contribution is 7.47. The molecule has 0 aliphatic carbocycles. The third kappa shape index (κ3) is 6.23. The molecule has 0 unspecified atom stereocenters. The first kappa shape index (κ1) is 12.8. The van der Waals surface area contributed by atoms with E-state index < -0.39 is 7.82 Å². The predicted octanol–water partition coefficient (Wildman–Crippen LogP) is 1.80. The summed E-state index contributed by atoms with van der Waals surface area (Å²) in [6, 6.07) is 0. The van der Waals surface area contributed by atoms with E-state index in [9.17, 15) is 4.57 Å². The number of hydrogen-bond donors (Lipinski definition) is 1. The molecule has 0 saturated heterocycles. The SMILES string of the molecule is C.CCOP(=O)(O)OCC. The molecule has 4 nitrogen and oxygen atoms in total. The van der Waals surface area contributed by atoms with Crippen molar-refractivity contribution in [1.29, 1.82) is 0 Å². The molecule has 0 atom stereocenters. The fourth-order valence-corrected chi connectivity index (χ4v) is 1.09. The topological polar surface area (TPSA) is 55.8 Å². The van der Waals surface area contributed by atoms with Crippen LogP contribution < -0.4 is 0 Å². The summed E-state index contributed by atoms with van der Waals surface area (Å²) in [6.45, 7) is 3.63. The summed E-state index contributed by atoms with van der Waals surface area (Å²) in [7, 11) is -3.69. The molecule has 5 heteroatoms. The van der Waals surface area contributed by atoms with Gasteiger partial charge in [0, 0.05) is 0 Å². The van der Waals surface area contributed by atoms with E-state index in [-0.39, 0.29) is 20.6 Å². The lowest BCUT2D eigenvalue weighted by Crippen LogP contribution is -1.93. The zero-order valence-electron chi connectivity index (χ0n) is 5.53. The van der Waals surface area contributed by atoms with Gasteiger partial charge >= 0.3 is 7.82 Å². The number of phosphoric acid groups is 1. The standard InChI is InChI=1S/C4H11O4P.CH4/c1-3-7-9(5,6)8-4-2;/h3-4H2,1-2H3,(H,5,6);1H4. The summed E-state index contributed by atoms with van der Waals surface area (Å²) >= 11 is 0. The number of rotatable bonds is 4. The van der Waals surface area contributed by atoms with Crippen LogP contribution in [0.1, 0.15) is 21.3 Å². The Morgan fingerprint density at radius 1 is 1.30 bits per heavy atom. The maximum atomic E-state index is 10.5. The van der Waals surface area contributed by atoms with Gasteiger partial charge in [-0.3, -0.25) is 9.05 Å². The van der Waals surface area contributed by atoms with Crippen LogP contribution >= 0.6 is 7.82 Å². The normalized spacial score (nSPS) is 10.7. The molecule has 0 radical (unpaired) electrons. The van der Waals surface area contributed by atoms with Crippen LogP contribution in [0.25, 0.3) is 0 Å². The van der Waals surface area contributed by atoms with E-state index in [1.807, 2.05) is 0 Å². The van der Waals surface area contributed by atoms with Gasteiger partial charge in [0.1, 0.15) is 0 Å². The molecule has 10 heavy (non-hydrogen) atoms. The van der Waals surface area contributed by atoms with Crippen LogP contribution in [0.3, 0.4) is 0 Å². The van der Waals surface area contributed by atoms with Gasteiger partial charge in [-0.15, -0.1) is 0 Å². The Balaban J connectivity index is 0. The Kier molecular flexibility index (Phi) is 7.48. The predicted molar refractivity (Wildman–Crippen MR) is 39.8 cm³/mol. The quantitative estimate of drug-likeness (QED) is 0.653. The minimum Gasteiger partial charge on any atom is -0.302 e. The maximum Gasteiger partial charge on any atom is 0.472 e. The lowest BCUT2D eigenvalue weighted by molar-refractivity contribution is 0.161. The van der Waals surface area contributed by atoms with Crippen molar-refractivity contribution in [2.75, 3.05) is 13.2 Å². The van der Waals surface area contributed by atoms with E-state index >= 15 is 0 Å². The van der Waals surface area contributed by atoms with Gasteiger partial charge in [0.15, 0.2) is 0 Å². The third-order valence-electron chi connectivity index (χ3n) is 0.584. The molecule has 0 aromatic heterocycles. The van der Waals surface area contributed by atoms with Crippen molar-refractivity contribution in [3.05, 3.63) is 0 Å². The maximum absolute atomic E-state index is 10.5. The van der Waals surface area contributed by atoms with Crippen LogP contribution in [0.15, 0.2) is 0 Å². The van der Waals surface area contributed by atoms with Gasteiger partial charge in [-0.2, -0.15) is 0 Å². The molecule has 0 heterocycles. The highest BCUT2D eigenvalue weighted by Gasteiger charge is 2.17. The fraction of sp³-hybridized carbons (Fsp3) is 1.00. The van der Waals surface area contributed by atoms with Crippen molar-refractivity contribution >= 4 is 7.82 Å².